The van der Waals surface area contributed by atoms with Gasteiger partial charge in [0.05, 0.1) is 12.8 Å². The van der Waals surface area contributed by atoms with Gasteiger partial charge in [0.15, 0.2) is 0 Å². The van der Waals surface area contributed by atoms with Crippen molar-refractivity contribution >= 4 is 34.4 Å². The second-order valence-electron chi connectivity index (χ2n) is 9.35. The lowest BCUT2D eigenvalue weighted by atomic mass is 9.95. The lowest BCUT2D eigenvalue weighted by molar-refractivity contribution is -0.120. The van der Waals surface area contributed by atoms with Gasteiger partial charge in [-0.25, -0.2) is 9.69 Å². The zero-order chi connectivity index (χ0) is 25.5. The highest BCUT2D eigenvalue weighted by molar-refractivity contribution is 6.21. The number of nitrogens with one attached hydrogen (secondary N) is 2. The summed E-state index contributed by atoms with van der Waals surface area (Å²) in [5.41, 5.74) is 5.04. The van der Waals surface area contributed by atoms with Crippen LogP contribution in [-0.2, 0) is 24.2 Å². The quantitative estimate of drug-likeness (QED) is 0.396. The van der Waals surface area contributed by atoms with Crippen LogP contribution in [0.25, 0.3) is 10.9 Å². The van der Waals surface area contributed by atoms with E-state index in [9.17, 15) is 14.4 Å². The number of methoxy groups -OCH3 is 1. The van der Waals surface area contributed by atoms with Crippen LogP contribution >= 0.6 is 0 Å². The summed E-state index contributed by atoms with van der Waals surface area (Å²) in [7, 11) is 1.63. The van der Waals surface area contributed by atoms with Crippen LogP contribution in [0.4, 0.5) is 10.5 Å². The second kappa shape index (κ2) is 9.13. The Labute approximate surface area is 213 Å². The van der Waals surface area contributed by atoms with Crippen LogP contribution in [0.3, 0.4) is 0 Å². The summed E-state index contributed by atoms with van der Waals surface area (Å²) >= 11 is 0. The van der Waals surface area contributed by atoms with Gasteiger partial charge in [-0.3, -0.25) is 9.59 Å². The molecule has 4 aromatic rings. The minimum atomic E-state index is -0.519. The second-order valence-corrected chi connectivity index (χ2v) is 9.35. The van der Waals surface area contributed by atoms with Crippen LogP contribution in [0.15, 0.2) is 72.9 Å². The van der Waals surface area contributed by atoms with Crippen LogP contribution in [0.5, 0.6) is 5.75 Å². The highest BCUT2D eigenvalue weighted by Gasteiger charge is 2.47. The molecular formula is C29H26N4O4. The third-order valence-electron chi connectivity index (χ3n) is 7.21. The Morgan fingerprint density at radius 3 is 2.73 bits per heavy atom. The number of amides is 4. The number of carbonyl (C=O) groups is 3. The van der Waals surface area contributed by atoms with Crippen molar-refractivity contribution in [1.29, 1.82) is 0 Å². The van der Waals surface area contributed by atoms with Crippen molar-refractivity contribution in [2.75, 3.05) is 18.6 Å². The average Bonchev–Trinajstić information content (AvgIpc) is 3.44. The van der Waals surface area contributed by atoms with Gasteiger partial charge in [0.25, 0.3) is 11.8 Å². The highest BCUT2D eigenvalue weighted by atomic mass is 16.5. The summed E-state index contributed by atoms with van der Waals surface area (Å²) in [6.45, 7) is 0.838. The fraction of sp³-hybridized carbons (Fsp3) is 0.207. The number of H-pyrrole nitrogens is 1. The van der Waals surface area contributed by atoms with Crippen LogP contribution in [0, 0.1) is 0 Å². The van der Waals surface area contributed by atoms with Crippen molar-refractivity contribution in [1.82, 2.24) is 15.2 Å². The lowest BCUT2D eigenvalue weighted by Gasteiger charge is -2.28. The number of nitrogens with zero attached hydrogens (tertiary/aromatic N) is 2. The number of aromatic nitrogens is 1. The number of urea groups is 1. The molecule has 2 aliphatic rings. The maximum absolute atomic E-state index is 13.2. The standard InChI is InChI=1S/C29H26N4O4/c1-37-23-9-10-25-24(15-23)20(16-31-25)11-12-30-27(34)19-7-4-8-22(13-19)33-28(35)26-14-18-5-2-3-6-21(18)17-32(26)29(33)36/h2-10,13,15-16,26,31H,11-12,14,17H2,1H3,(H,30,34)/t26-/m0/s1. The van der Waals surface area contributed by atoms with E-state index in [2.05, 4.69) is 10.3 Å². The molecule has 6 rings (SSSR count). The molecule has 0 aliphatic carbocycles. The van der Waals surface area contributed by atoms with Crippen molar-refractivity contribution in [3.05, 3.63) is 95.2 Å². The number of ether oxygens (including phenoxy) is 1. The summed E-state index contributed by atoms with van der Waals surface area (Å²) in [4.78, 5) is 45.5. The first-order valence-electron chi connectivity index (χ1n) is 12.3. The molecule has 0 spiro atoms. The number of fused-ring (bicyclic) bond motifs is 3. The summed E-state index contributed by atoms with van der Waals surface area (Å²) in [6.07, 6.45) is 3.07. The first kappa shape index (κ1) is 22.8. The molecule has 8 nitrogen and oxygen atoms in total. The number of rotatable bonds is 6. The maximum atomic E-state index is 13.2. The molecule has 1 aromatic heterocycles. The molecular weight excluding hydrogens is 468 g/mol. The molecule has 2 aliphatic heterocycles. The van der Waals surface area contributed by atoms with Gasteiger partial charge in [-0.1, -0.05) is 30.3 Å². The van der Waals surface area contributed by atoms with E-state index >= 15 is 0 Å². The molecule has 1 fully saturated rings. The molecule has 0 unspecified atom stereocenters. The van der Waals surface area contributed by atoms with Gasteiger partial charge in [-0.05, 0) is 59.5 Å². The van der Waals surface area contributed by atoms with Crippen molar-refractivity contribution < 1.29 is 19.1 Å². The number of anilines is 1. The van der Waals surface area contributed by atoms with E-state index < -0.39 is 6.04 Å². The smallest absolute Gasteiger partial charge is 0.332 e. The maximum Gasteiger partial charge on any atom is 0.332 e. The minimum Gasteiger partial charge on any atom is -0.497 e. The SMILES string of the molecule is COc1ccc2[nH]cc(CCNC(=O)c3cccc(N4C(=O)[C@@H]5Cc6ccccc6CN5C4=O)c3)c2c1. The van der Waals surface area contributed by atoms with Crippen molar-refractivity contribution in [2.45, 2.75) is 25.4 Å². The molecule has 186 valence electrons. The zero-order valence-corrected chi connectivity index (χ0v) is 20.4. The molecule has 1 saturated heterocycles. The fourth-order valence-corrected chi connectivity index (χ4v) is 5.24. The molecule has 0 radical (unpaired) electrons. The summed E-state index contributed by atoms with van der Waals surface area (Å²) < 4.78 is 5.32. The first-order chi connectivity index (χ1) is 18.0. The monoisotopic (exact) mass is 494 g/mol. The molecule has 1 atom stereocenters. The molecule has 3 heterocycles. The van der Waals surface area contributed by atoms with Gasteiger partial charge in [0.2, 0.25) is 0 Å². The van der Waals surface area contributed by atoms with E-state index in [1.54, 1.807) is 36.3 Å². The Morgan fingerprint density at radius 2 is 1.89 bits per heavy atom. The number of benzene rings is 3. The minimum absolute atomic E-state index is 0.258. The van der Waals surface area contributed by atoms with E-state index in [-0.39, 0.29) is 17.8 Å². The number of carbonyl (C=O) groups excluding carboxylic acids is 3. The topological polar surface area (TPSA) is 94.7 Å². The number of hydrogen-bond donors (Lipinski definition) is 2. The molecule has 2 N–H and O–H groups in total. The van der Waals surface area contributed by atoms with Crippen molar-refractivity contribution in [2.24, 2.45) is 0 Å². The average molecular weight is 495 g/mol. The molecule has 0 saturated carbocycles. The van der Waals surface area contributed by atoms with Crippen LogP contribution in [-0.4, -0.2) is 47.4 Å². The Kier molecular flexibility index (Phi) is 5.64. The van der Waals surface area contributed by atoms with Gasteiger partial charge >= 0.3 is 6.03 Å². The first-order valence-corrected chi connectivity index (χ1v) is 12.3. The molecule has 37 heavy (non-hydrogen) atoms. The largest absolute Gasteiger partial charge is 0.497 e. The molecule has 8 heteroatoms. The summed E-state index contributed by atoms with van der Waals surface area (Å²) in [5.74, 6) is 0.260. The van der Waals surface area contributed by atoms with Crippen LogP contribution < -0.4 is 15.0 Å². The van der Waals surface area contributed by atoms with E-state index in [4.69, 9.17) is 4.74 Å². The van der Waals surface area contributed by atoms with E-state index in [1.807, 2.05) is 48.7 Å². The van der Waals surface area contributed by atoms with Gasteiger partial charge in [0, 0.05) is 42.2 Å². The van der Waals surface area contributed by atoms with Gasteiger partial charge in [-0.2, -0.15) is 0 Å². The number of imide groups is 1. The predicted octanol–water partition coefficient (Wildman–Crippen LogP) is 4.04. The van der Waals surface area contributed by atoms with Gasteiger partial charge in [0.1, 0.15) is 11.8 Å². The normalized spacial score (nSPS) is 16.6. The molecule has 3 aromatic carbocycles. The lowest BCUT2D eigenvalue weighted by Crippen LogP contribution is -2.39. The van der Waals surface area contributed by atoms with E-state index in [0.29, 0.717) is 37.2 Å². The Morgan fingerprint density at radius 1 is 1.05 bits per heavy atom. The molecule has 0 bridgehead atoms. The Bertz CT molecular complexity index is 1500. The van der Waals surface area contributed by atoms with Crippen LogP contribution in [0.1, 0.15) is 27.0 Å². The third kappa shape index (κ3) is 4.00. The van der Waals surface area contributed by atoms with E-state index in [0.717, 1.165) is 33.3 Å². The number of aromatic amines is 1. The summed E-state index contributed by atoms with van der Waals surface area (Å²) in [6, 6.07) is 19.5. The number of hydrogen-bond acceptors (Lipinski definition) is 4. The highest BCUT2D eigenvalue weighted by Crippen LogP contribution is 2.33. The predicted molar refractivity (Wildman–Crippen MR) is 140 cm³/mol. The van der Waals surface area contributed by atoms with Crippen molar-refractivity contribution in [3.8, 4) is 5.75 Å². The van der Waals surface area contributed by atoms with E-state index in [1.165, 1.54) is 4.90 Å². The third-order valence-corrected chi connectivity index (χ3v) is 7.21. The van der Waals surface area contributed by atoms with Crippen molar-refractivity contribution in [3.63, 3.8) is 0 Å². The summed E-state index contributed by atoms with van der Waals surface area (Å²) in [5, 5.41) is 4.01. The Balaban J connectivity index is 1.15. The zero-order valence-electron chi connectivity index (χ0n) is 20.4. The molecule has 4 amide bonds. The Hall–Kier alpha value is -4.59. The van der Waals surface area contributed by atoms with Gasteiger partial charge < -0.3 is 19.9 Å². The van der Waals surface area contributed by atoms with Crippen LogP contribution in [0.2, 0.25) is 0 Å². The van der Waals surface area contributed by atoms with Gasteiger partial charge in [-0.15, -0.1) is 0 Å². The fourth-order valence-electron chi connectivity index (χ4n) is 5.24.